The second kappa shape index (κ2) is 8.30. The molecule has 0 spiro atoms. The van der Waals surface area contributed by atoms with Crippen LogP contribution in [-0.4, -0.2) is 29.0 Å². The van der Waals surface area contributed by atoms with Crippen LogP contribution in [0.15, 0.2) is 65.1 Å². The van der Waals surface area contributed by atoms with Crippen molar-refractivity contribution in [1.82, 2.24) is 9.88 Å². The molecule has 0 bridgehead atoms. The third-order valence-electron chi connectivity index (χ3n) is 4.92. The molecule has 4 nitrogen and oxygen atoms in total. The van der Waals surface area contributed by atoms with Gasteiger partial charge in [-0.2, -0.15) is 0 Å². The van der Waals surface area contributed by atoms with Gasteiger partial charge in [0.15, 0.2) is 5.76 Å². The predicted molar refractivity (Wildman–Crippen MR) is 107 cm³/mol. The highest BCUT2D eigenvalue weighted by atomic mass is 16.4. The number of hydrogen-bond donors (Lipinski definition) is 1. The number of hydrogen-bond acceptors (Lipinski definition) is 4. The molecule has 0 aliphatic rings. The summed E-state index contributed by atoms with van der Waals surface area (Å²) in [5.41, 5.74) is 9.41. The molecular formula is C22H27N3O. The van der Waals surface area contributed by atoms with Crippen LogP contribution < -0.4 is 5.73 Å². The fraction of sp³-hybridized carbons (Fsp3) is 0.318. The summed E-state index contributed by atoms with van der Waals surface area (Å²) in [6.45, 7) is 8.32. The van der Waals surface area contributed by atoms with Crippen molar-refractivity contribution in [3.8, 4) is 22.6 Å². The first kappa shape index (κ1) is 18.4. The summed E-state index contributed by atoms with van der Waals surface area (Å²) >= 11 is 0. The van der Waals surface area contributed by atoms with Crippen LogP contribution in [0.4, 0.5) is 0 Å². The van der Waals surface area contributed by atoms with Crippen LogP contribution in [0.25, 0.3) is 22.6 Å². The van der Waals surface area contributed by atoms with E-state index in [2.05, 4.69) is 25.7 Å². The van der Waals surface area contributed by atoms with E-state index in [0.717, 1.165) is 35.7 Å². The van der Waals surface area contributed by atoms with Gasteiger partial charge in [0, 0.05) is 17.2 Å². The van der Waals surface area contributed by atoms with Gasteiger partial charge in [0.25, 0.3) is 0 Å². The summed E-state index contributed by atoms with van der Waals surface area (Å²) in [6.07, 6.45) is 0. The Morgan fingerprint density at radius 3 is 2.00 bits per heavy atom. The predicted octanol–water partition coefficient (Wildman–Crippen LogP) is 4.74. The second-order valence-corrected chi connectivity index (χ2v) is 6.45. The second-order valence-electron chi connectivity index (χ2n) is 6.45. The van der Waals surface area contributed by atoms with Crippen molar-refractivity contribution in [2.75, 3.05) is 13.1 Å². The molecule has 0 aliphatic heterocycles. The number of rotatable bonds is 7. The molecule has 0 radical (unpaired) electrons. The molecule has 3 aromatic rings. The van der Waals surface area contributed by atoms with Crippen LogP contribution in [0.5, 0.6) is 0 Å². The Kier molecular flexibility index (Phi) is 5.86. The number of likely N-dealkylation sites (N-methyl/N-ethyl adjacent to an activating group) is 1. The van der Waals surface area contributed by atoms with Crippen LogP contribution in [0.3, 0.4) is 0 Å². The molecule has 1 aromatic heterocycles. The molecular weight excluding hydrogens is 322 g/mol. The maximum absolute atomic E-state index is 6.53. The van der Waals surface area contributed by atoms with Gasteiger partial charge in [-0.25, -0.2) is 4.98 Å². The largest absolute Gasteiger partial charge is 0.438 e. The quantitative estimate of drug-likeness (QED) is 0.669. The van der Waals surface area contributed by atoms with E-state index >= 15 is 0 Å². The van der Waals surface area contributed by atoms with Crippen LogP contribution in [0.2, 0.25) is 0 Å². The van der Waals surface area contributed by atoms with Crippen molar-refractivity contribution in [3.05, 3.63) is 66.6 Å². The van der Waals surface area contributed by atoms with E-state index in [4.69, 9.17) is 15.1 Å². The monoisotopic (exact) mass is 349 g/mol. The standard InChI is InChI=1S/C22H27N3O/c1-4-25(5-2)16(3)19(23)22-24-20(17-12-8-6-9-13-17)21(26-22)18-14-10-7-11-15-18/h6-16,19H,4-5,23H2,1-3H3. The highest BCUT2D eigenvalue weighted by molar-refractivity contribution is 5.76. The summed E-state index contributed by atoms with van der Waals surface area (Å²) in [7, 11) is 0. The van der Waals surface area contributed by atoms with Crippen molar-refractivity contribution < 1.29 is 4.42 Å². The molecule has 0 aliphatic carbocycles. The van der Waals surface area contributed by atoms with Crippen molar-refractivity contribution in [3.63, 3.8) is 0 Å². The van der Waals surface area contributed by atoms with Crippen molar-refractivity contribution in [1.29, 1.82) is 0 Å². The van der Waals surface area contributed by atoms with E-state index in [9.17, 15) is 0 Å². The minimum Gasteiger partial charge on any atom is -0.438 e. The molecule has 1 heterocycles. The molecule has 2 atom stereocenters. The van der Waals surface area contributed by atoms with Crippen molar-refractivity contribution >= 4 is 0 Å². The first-order chi connectivity index (χ1) is 12.7. The van der Waals surface area contributed by atoms with Crippen molar-refractivity contribution in [2.45, 2.75) is 32.9 Å². The molecule has 2 N–H and O–H groups in total. The number of benzene rings is 2. The van der Waals surface area contributed by atoms with E-state index in [1.165, 1.54) is 0 Å². The summed E-state index contributed by atoms with van der Waals surface area (Å²) in [6, 6.07) is 20.1. The summed E-state index contributed by atoms with van der Waals surface area (Å²) < 4.78 is 6.21. The smallest absolute Gasteiger partial charge is 0.214 e. The number of nitrogens with two attached hydrogens (primary N) is 1. The van der Waals surface area contributed by atoms with Gasteiger partial charge in [-0.05, 0) is 20.0 Å². The lowest BCUT2D eigenvalue weighted by molar-refractivity contribution is 0.190. The molecule has 26 heavy (non-hydrogen) atoms. The number of aromatic nitrogens is 1. The molecule has 3 rings (SSSR count). The van der Waals surface area contributed by atoms with E-state index in [0.29, 0.717) is 5.89 Å². The van der Waals surface area contributed by atoms with Gasteiger partial charge in [-0.1, -0.05) is 74.5 Å². The van der Waals surface area contributed by atoms with Gasteiger partial charge in [-0.15, -0.1) is 0 Å². The van der Waals surface area contributed by atoms with Gasteiger partial charge in [0.2, 0.25) is 5.89 Å². The Morgan fingerprint density at radius 2 is 1.46 bits per heavy atom. The highest BCUT2D eigenvalue weighted by Crippen LogP contribution is 2.34. The molecule has 2 unspecified atom stereocenters. The molecule has 0 saturated carbocycles. The Hall–Kier alpha value is -2.43. The fourth-order valence-corrected chi connectivity index (χ4v) is 3.29. The Morgan fingerprint density at radius 1 is 0.923 bits per heavy atom. The normalized spacial score (nSPS) is 13.7. The van der Waals surface area contributed by atoms with Crippen LogP contribution in [0.1, 0.15) is 32.7 Å². The van der Waals surface area contributed by atoms with Crippen LogP contribution in [-0.2, 0) is 0 Å². The molecule has 4 heteroatoms. The van der Waals surface area contributed by atoms with E-state index < -0.39 is 0 Å². The maximum atomic E-state index is 6.53. The minimum atomic E-state index is -0.283. The van der Waals surface area contributed by atoms with Gasteiger partial charge >= 0.3 is 0 Å². The van der Waals surface area contributed by atoms with Gasteiger partial charge in [-0.3, -0.25) is 4.90 Å². The fourth-order valence-electron chi connectivity index (χ4n) is 3.29. The molecule has 0 fully saturated rings. The van der Waals surface area contributed by atoms with Crippen LogP contribution in [0, 0.1) is 0 Å². The lowest BCUT2D eigenvalue weighted by atomic mass is 10.1. The molecule has 136 valence electrons. The SMILES string of the molecule is CCN(CC)C(C)C(N)c1nc(-c2ccccc2)c(-c2ccccc2)o1. The van der Waals surface area contributed by atoms with Gasteiger partial charge in [0.1, 0.15) is 5.69 Å². The highest BCUT2D eigenvalue weighted by Gasteiger charge is 2.26. The summed E-state index contributed by atoms with van der Waals surface area (Å²) in [5, 5.41) is 0. The first-order valence-corrected chi connectivity index (χ1v) is 9.26. The lowest BCUT2D eigenvalue weighted by Gasteiger charge is -2.29. The summed E-state index contributed by atoms with van der Waals surface area (Å²) in [4.78, 5) is 7.13. The van der Waals surface area contributed by atoms with Gasteiger partial charge < -0.3 is 10.2 Å². The maximum Gasteiger partial charge on any atom is 0.214 e. The topological polar surface area (TPSA) is 55.3 Å². The average Bonchev–Trinajstić information content (AvgIpc) is 3.15. The third-order valence-corrected chi connectivity index (χ3v) is 4.92. The van der Waals surface area contributed by atoms with E-state index in [1.807, 2.05) is 60.7 Å². The third kappa shape index (κ3) is 3.71. The van der Waals surface area contributed by atoms with Gasteiger partial charge in [0.05, 0.1) is 6.04 Å². The number of oxazole rings is 1. The zero-order chi connectivity index (χ0) is 18.5. The Labute approximate surface area is 155 Å². The molecule has 0 saturated heterocycles. The van der Waals surface area contributed by atoms with Crippen molar-refractivity contribution in [2.24, 2.45) is 5.73 Å². The molecule has 0 amide bonds. The van der Waals surface area contributed by atoms with E-state index in [1.54, 1.807) is 0 Å². The van der Waals surface area contributed by atoms with Crippen LogP contribution >= 0.6 is 0 Å². The zero-order valence-electron chi connectivity index (χ0n) is 15.7. The Balaban J connectivity index is 2.04. The van der Waals surface area contributed by atoms with E-state index in [-0.39, 0.29) is 12.1 Å². The summed E-state index contributed by atoms with van der Waals surface area (Å²) in [5.74, 6) is 1.36. The minimum absolute atomic E-state index is 0.149. The first-order valence-electron chi connectivity index (χ1n) is 9.26. The molecule has 2 aromatic carbocycles. The average molecular weight is 349 g/mol. The lowest BCUT2D eigenvalue weighted by Crippen LogP contribution is -2.40. The zero-order valence-corrected chi connectivity index (χ0v) is 15.7. The Bertz CT molecular complexity index is 753. The number of nitrogens with zero attached hydrogens (tertiary/aromatic N) is 2.